The number of rotatable bonds is 4. The summed E-state index contributed by atoms with van der Waals surface area (Å²) in [4.78, 5) is 29.6. The molecule has 0 aliphatic carbocycles. The normalized spacial score (nSPS) is 13.8. The Morgan fingerprint density at radius 1 is 1.58 bits per heavy atom. The van der Waals surface area contributed by atoms with Crippen molar-refractivity contribution in [3.8, 4) is 5.75 Å². The Kier molecular flexibility index (Phi) is 4.39. The van der Waals surface area contributed by atoms with Gasteiger partial charge in [-0.15, -0.1) is 0 Å². The number of carbonyl (C=O) groups is 2. The number of amides is 2. The average Bonchev–Trinajstić information content (AvgIpc) is 2.39. The molecule has 6 nitrogen and oxygen atoms in total. The van der Waals surface area contributed by atoms with Gasteiger partial charge in [0.1, 0.15) is 12.3 Å². The summed E-state index contributed by atoms with van der Waals surface area (Å²) in [6.45, 7) is 1.95. The van der Waals surface area contributed by atoms with Crippen LogP contribution in [0.5, 0.6) is 5.75 Å². The van der Waals surface area contributed by atoms with Crippen LogP contribution in [-0.4, -0.2) is 31.6 Å². The van der Waals surface area contributed by atoms with Crippen molar-refractivity contribution in [3.05, 3.63) is 22.7 Å². The average molecular weight is 329 g/mol. The van der Waals surface area contributed by atoms with Gasteiger partial charge in [0.25, 0.3) is 11.8 Å². The maximum absolute atomic E-state index is 11.8. The molecule has 1 heterocycles. The molecule has 0 bridgehead atoms. The van der Waals surface area contributed by atoms with Crippen LogP contribution in [0.15, 0.2) is 22.7 Å². The minimum atomic E-state index is -0.383. The van der Waals surface area contributed by atoms with E-state index in [1.807, 2.05) is 0 Å². The molecule has 0 aromatic heterocycles. The van der Waals surface area contributed by atoms with E-state index in [-0.39, 0.29) is 25.0 Å². The lowest BCUT2D eigenvalue weighted by Gasteiger charge is -2.28. The largest absolute Gasteiger partial charge is 0.482 e. The number of anilines is 1. The van der Waals surface area contributed by atoms with E-state index >= 15 is 0 Å². The first kappa shape index (κ1) is 13.8. The molecule has 1 aromatic rings. The Labute approximate surface area is 118 Å². The Morgan fingerprint density at radius 2 is 2.37 bits per heavy atom. The number of nitrogens with one attached hydrogen (secondary N) is 1. The summed E-state index contributed by atoms with van der Waals surface area (Å²) in [6.07, 6.45) is 0. The van der Waals surface area contributed by atoms with Crippen molar-refractivity contribution in [1.29, 1.82) is 0 Å². The Hall–Kier alpha value is -1.60. The predicted octanol–water partition coefficient (Wildman–Crippen LogP) is 1.24. The summed E-state index contributed by atoms with van der Waals surface area (Å²) in [6, 6.07) is 5.27. The van der Waals surface area contributed by atoms with E-state index in [4.69, 9.17) is 9.57 Å². The molecule has 0 saturated carbocycles. The van der Waals surface area contributed by atoms with Gasteiger partial charge in [0, 0.05) is 4.47 Å². The quantitative estimate of drug-likeness (QED) is 0.844. The van der Waals surface area contributed by atoms with Gasteiger partial charge in [-0.2, -0.15) is 0 Å². The fourth-order valence-electron chi connectivity index (χ4n) is 1.68. The second kappa shape index (κ2) is 6.03. The van der Waals surface area contributed by atoms with Crippen molar-refractivity contribution in [2.24, 2.45) is 0 Å². The van der Waals surface area contributed by atoms with Crippen LogP contribution in [0, 0.1) is 0 Å². The predicted molar refractivity (Wildman–Crippen MR) is 71.8 cm³/mol. The van der Waals surface area contributed by atoms with Gasteiger partial charge in [0.15, 0.2) is 6.61 Å². The first-order valence-electron chi connectivity index (χ1n) is 5.75. The number of hydrogen-bond acceptors (Lipinski definition) is 4. The Morgan fingerprint density at radius 3 is 3.11 bits per heavy atom. The van der Waals surface area contributed by atoms with Crippen LogP contribution in [0.2, 0.25) is 0 Å². The van der Waals surface area contributed by atoms with Crippen LogP contribution in [0.4, 0.5) is 5.69 Å². The molecule has 2 amide bonds. The van der Waals surface area contributed by atoms with Gasteiger partial charge in [-0.3, -0.25) is 19.3 Å². The first-order valence-corrected chi connectivity index (χ1v) is 6.54. The number of halogens is 1. The van der Waals surface area contributed by atoms with Crippen LogP contribution in [0.25, 0.3) is 0 Å². The van der Waals surface area contributed by atoms with Crippen molar-refractivity contribution in [3.63, 3.8) is 0 Å². The van der Waals surface area contributed by atoms with E-state index < -0.39 is 0 Å². The third-order valence-corrected chi connectivity index (χ3v) is 2.99. The number of hydroxylamine groups is 1. The number of hydrogen-bond donors (Lipinski definition) is 1. The molecule has 19 heavy (non-hydrogen) atoms. The van der Waals surface area contributed by atoms with Crippen LogP contribution >= 0.6 is 15.9 Å². The minimum absolute atomic E-state index is 0.0780. The third kappa shape index (κ3) is 3.24. The summed E-state index contributed by atoms with van der Waals surface area (Å²) < 4.78 is 6.17. The molecule has 1 aliphatic rings. The smallest absolute Gasteiger partial charge is 0.265 e. The molecule has 102 valence electrons. The highest BCUT2D eigenvalue weighted by Crippen LogP contribution is 2.34. The minimum Gasteiger partial charge on any atom is -0.482 e. The molecule has 0 saturated heterocycles. The SMILES string of the molecule is CCONC(=O)CN1C(=O)COc2cc(Br)ccc21. The number of nitrogens with zero attached hydrogens (tertiary/aromatic N) is 1. The molecule has 0 spiro atoms. The number of carbonyl (C=O) groups excluding carboxylic acids is 2. The van der Waals surface area contributed by atoms with Crippen LogP contribution in [-0.2, 0) is 14.4 Å². The van der Waals surface area contributed by atoms with Crippen molar-refractivity contribution in [1.82, 2.24) is 5.48 Å². The Bertz CT molecular complexity index is 507. The summed E-state index contributed by atoms with van der Waals surface area (Å²) in [5.41, 5.74) is 2.83. The van der Waals surface area contributed by atoms with Crippen molar-refractivity contribution >= 4 is 33.4 Å². The van der Waals surface area contributed by atoms with E-state index in [1.165, 1.54) is 4.90 Å². The van der Waals surface area contributed by atoms with Gasteiger partial charge in [-0.25, -0.2) is 5.48 Å². The van der Waals surface area contributed by atoms with E-state index in [1.54, 1.807) is 25.1 Å². The van der Waals surface area contributed by atoms with Crippen LogP contribution in [0.1, 0.15) is 6.92 Å². The summed E-state index contributed by atoms with van der Waals surface area (Å²) in [5, 5.41) is 0. The number of benzene rings is 1. The van der Waals surface area contributed by atoms with Crippen LogP contribution in [0.3, 0.4) is 0 Å². The van der Waals surface area contributed by atoms with Crippen molar-refractivity contribution < 1.29 is 19.2 Å². The van der Waals surface area contributed by atoms with Gasteiger partial charge in [-0.1, -0.05) is 15.9 Å². The number of ether oxygens (including phenoxy) is 1. The summed E-state index contributed by atoms with van der Waals surface area (Å²) in [5.74, 6) is -0.0781. The van der Waals surface area contributed by atoms with Gasteiger partial charge >= 0.3 is 0 Å². The lowest BCUT2D eigenvalue weighted by atomic mass is 10.2. The third-order valence-electron chi connectivity index (χ3n) is 2.50. The second-order valence-electron chi connectivity index (χ2n) is 3.84. The van der Waals surface area contributed by atoms with Gasteiger partial charge in [0.05, 0.1) is 12.3 Å². The molecule has 1 aromatic carbocycles. The zero-order valence-corrected chi connectivity index (χ0v) is 11.9. The maximum atomic E-state index is 11.8. The number of fused-ring (bicyclic) bond motifs is 1. The zero-order valence-electron chi connectivity index (χ0n) is 10.3. The standard InChI is InChI=1S/C12H13BrN2O4/c1-2-19-14-11(16)6-15-9-4-3-8(13)5-10(9)18-7-12(15)17/h3-5H,2,6-7H2,1H3,(H,14,16). The van der Waals surface area contributed by atoms with E-state index in [0.717, 1.165) is 4.47 Å². The first-order chi connectivity index (χ1) is 9.11. The molecule has 2 rings (SSSR count). The monoisotopic (exact) mass is 328 g/mol. The summed E-state index contributed by atoms with van der Waals surface area (Å²) >= 11 is 3.33. The molecule has 1 N–H and O–H groups in total. The van der Waals surface area contributed by atoms with E-state index in [9.17, 15) is 9.59 Å². The molecular formula is C12H13BrN2O4. The van der Waals surface area contributed by atoms with Crippen LogP contribution < -0.4 is 15.1 Å². The topological polar surface area (TPSA) is 67.9 Å². The molecule has 0 fully saturated rings. The molecule has 0 radical (unpaired) electrons. The van der Waals surface area contributed by atoms with E-state index in [2.05, 4.69) is 21.4 Å². The maximum Gasteiger partial charge on any atom is 0.265 e. The van der Waals surface area contributed by atoms with E-state index in [0.29, 0.717) is 18.0 Å². The second-order valence-corrected chi connectivity index (χ2v) is 4.75. The Balaban J connectivity index is 2.16. The fraction of sp³-hybridized carbons (Fsp3) is 0.333. The highest BCUT2D eigenvalue weighted by molar-refractivity contribution is 9.10. The van der Waals surface area contributed by atoms with Gasteiger partial charge in [0.2, 0.25) is 0 Å². The highest BCUT2D eigenvalue weighted by Gasteiger charge is 2.27. The van der Waals surface area contributed by atoms with Gasteiger partial charge < -0.3 is 4.74 Å². The fourth-order valence-corrected chi connectivity index (χ4v) is 2.02. The molecule has 7 heteroatoms. The lowest BCUT2D eigenvalue weighted by Crippen LogP contribution is -2.45. The van der Waals surface area contributed by atoms with Crippen molar-refractivity contribution in [2.45, 2.75) is 6.92 Å². The molecule has 1 aliphatic heterocycles. The summed E-state index contributed by atoms with van der Waals surface area (Å²) in [7, 11) is 0. The van der Waals surface area contributed by atoms with Gasteiger partial charge in [-0.05, 0) is 25.1 Å². The zero-order chi connectivity index (χ0) is 13.8. The van der Waals surface area contributed by atoms with Crippen molar-refractivity contribution in [2.75, 3.05) is 24.7 Å². The highest BCUT2D eigenvalue weighted by atomic mass is 79.9. The molecule has 0 unspecified atom stereocenters. The molecule has 0 atom stereocenters. The lowest BCUT2D eigenvalue weighted by molar-refractivity contribution is -0.133. The molecular weight excluding hydrogens is 316 g/mol.